The van der Waals surface area contributed by atoms with Crippen molar-refractivity contribution in [2.45, 2.75) is 46.2 Å². The second-order valence-electron chi connectivity index (χ2n) is 9.44. The molecule has 1 unspecified atom stereocenters. The Morgan fingerprint density at radius 1 is 1.00 bits per heavy atom. The van der Waals surface area contributed by atoms with Crippen molar-refractivity contribution in [1.29, 1.82) is 0 Å². The van der Waals surface area contributed by atoms with Crippen molar-refractivity contribution >= 4 is 17.4 Å². The van der Waals surface area contributed by atoms with E-state index in [1.807, 2.05) is 88.4 Å². The molecular weight excluding hydrogens is 466 g/mol. The van der Waals surface area contributed by atoms with Gasteiger partial charge in [-0.3, -0.25) is 9.59 Å². The summed E-state index contributed by atoms with van der Waals surface area (Å²) >= 11 is 0. The first-order valence-corrected chi connectivity index (χ1v) is 12.5. The van der Waals surface area contributed by atoms with Crippen LogP contribution in [0, 0.1) is 6.92 Å². The van der Waals surface area contributed by atoms with Gasteiger partial charge in [0.25, 0.3) is 11.7 Å². The van der Waals surface area contributed by atoms with Crippen LogP contribution in [0.25, 0.3) is 5.76 Å². The number of para-hydroxylation sites is 1. The van der Waals surface area contributed by atoms with Crippen LogP contribution in [0.2, 0.25) is 0 Å². The number of rotatable bonds is 8. The highest BCUT2D eigenvalue weighted by Gasteiger charge is 2.46. The van der Waals surface area contributed by atoms with Crippen LogP contribution >= 0.6 is 0 Å². The number of likely N-dealkylation sites (tertiary alicyclic amines) is 1. The SMILES string of the molecule is CCOc1ccc(/C(O)=C2\C(=O)C(=O)N(Cc3ccccc3OC)C2c2ccccc2C)cc1C(C)C. The number of nitrogens with zero attached hydrogens (tertiary/aromatic N) is 1. The molecule has 1 aliphatic heterocycles. The number of aliphatic hydroxyl groups is 1. The van der Waals surface area contributed by atoms with Crippen molar-refractivity contribution in [3.8, 4) is 11.5 Å². The monoisotopic (exact) mass is 499 g/mol. The largest absolute Gasteiger partial charge is 0.507 e. The number of Topliss-reactive ketones (excluding diaryl/α,β-unsaturated/α-hetero) is 1. The Hall–Kier alpha value is -4.06. The van der Waals surface area contributed by atoms with E-state index < -0.39 is 17.7 Å². The number of hydrogen-bond acceptors (Lipinski definition) is 5. The predicted octanol–water partition coefficient (Wildman–Crippen LogP) is 6.15. The van der Waals surface area contributed by atoms with E-state index in [4.69, 9.17) is 9.47 Å². The Labute approximate surface area is 218 Å². The van der Waals surface area contributed by atoms with Gasteiger partial charge in [-0.1, -0.05) is 56.3 Å². The molecule has 1 aliphatic rings. The molecule has 0 aromatic heterocycles. The van der Waals surface area contributed by atoms with Gasteiger partial charge in [0.05, 0.1) is 31.9 Å². The third-order valence-corrected chi connectivity index (χ3v) is 6.76. The summed E-state index contributed by atoms with van der Waals surface area (Å²) in [4.78, 5) is 28.4. The zero-order valence-corrected chi connectivity index (χ0v) is 21.9. The molecule has 0 radical (unpaired) electrons. The van der Waals surface area contributed by atoms with E-state index in [2.05, 4.69) is 0 Å². The normalized spacial score (nSPS) is 16.9. The highest BCUT2D eigenvalue weighted by molar-refractivity contribution is 6.46. The molecule has 1 fully saturated rings. The number of carbonyl (C=O) groups is 2. The molecular formula is C31H33NO5. The summed E-state index contributed by atoms with van der Waals surface area (Å²) < 4.78 is 11.3. The molecule has 0 spiro atoms. The number of carbonyl (C=O) groups excluding carboxylic acids is 2. The molecule has 1 N–H and O–H groups in total. The number of benzene rings is 3. The number of amides is 1. The average Bonchev–Trinajstić information content (AvgIpc) is 3.14. The van der Waals surface area contributed by atoms with Gasteiger partial charge >= 0.3 is 0 Å². The zero-order chi connectivity index (χ0) is 26.7. The van der Waals surface area contributed by atoms with Crippen molar-refractivity contribution in [2.24, 2.45) is 0 Å². The molecule has 0 aliphatic carbocycles. The van der Waals surface area contributed by atoms with Crippen molar-refractivity contribution in [3.05, 3.63) is 100 Å². The zero-order valence-electron chi connectivity index (χ0n) is 21.9. The molecule has 1 saturated heterocycles. The summed E-state index contributed by atoms with van der Waals surface area (Å²) in [6.45, 7) is 8.62. The second kappa shape index (κ2) is 10.9. The molecule has 0 bridgehead atoms. The maximum atomic E-state index is 13.5. The fourth-order valence-corrected chi connectivity index (χ4v) is 4.87. The van der Waals surface area contributed by atoms with Gasteiger partial charge < -0.3 is 19.5 Å². The lowest BCUT2D eigenvalue weighted by atomic mass is 9.91. The number of aliphatic hydroxyl groups excluding tert-OH is 1. The highest BCUT2D eigenvalue weighted by atomic mass is 16.5. The van der Waals surface area contributed by atoms with Crippen LogP contribution < -0.4 is 9.47 Å². The van der Waals surface area contributed by atoms with Gasteiger partial charge in [-0.2, -0.15) is 0 Å². The van der Waals surface area contributed by atoms with E-state index in [-0.39, 0.29) is 23.8 Å². The van der Waals surface area contributed by atoms with Gasteiger partial charge in [0.1, 0.15) is 17.3 Å². The molecule has 37 heavy (non-hydrogen) atoms. The molecule has 192 valence electrons. The van der Waals surface area contributed by atoms with Crippen LogP contribution in [0.4, 0.5) is 0 Å². The molecule has 1 atom stereocenters. The summed E-state index contributed by atoms with van der Waals surface area (Å²) in [6, 6.07) is 19.7. The van der Waals surface area contributed by atoms with Crippen LogP contribution in [0.15, 0.2) is 72.3 Å². The quantitative estimate of drug-likeness (QED) is 0.229. The van der Waals surface area contributed by atoms with E-state index in [1.165, 1.54) is 4.90 Å². The molecule has 1 heterocycles. The minimum atomic E-state index is -0.750. The first-order chi connectivity index (χ1) is 17.8. The summed E-state index contributed by atoms with van der Waals surface area (Å²) in [5, 5.41) is 11.6. The molecule has 6 heteroatoms. The van der Waals surface area contributed by atoms with Gasteiger partial charge in [-0.25, -0.2) is 0 Å². The fourth-order valence-electron chi connectivity index (χ4n) is 4.87. The summed E-state index contributed by atoms with van der Waals surface area (Å²) in [5.74, 6) is -0.0630. The Morgan fingerprint density at radius 2 is 1.70 bits per heavy atom. The van der Waals surface area contributed by atoms with E-state index >= 15 is 0 Å². The molecule has 3 aromatic carbocycles. The van der Waals surface area contributed by atoms with Crippen LogP contribution in [-0.2, 0) is 16.1 Å². The Kier molecular flexibility index (Phi) is 7.67. The summed E-state index contributed by atoms with van der Waals surface area (Å²) in [7, 11) is 1.57. The van der Waals surface area contributed by atoms with E-state index in [0.717, 1.165) is 28.0 Å². The van der Waals surface area contributed by atoms with Gasteiger partial charge in [0, 0.05) is 11.1 Å². The molecule has 3 aromatic rings. The van der Waals surface area contributed by atoms with Gasteiger partial charge in [0.15, 0.2) is 0 Å². The lowest BCUT2D eigenvalue weighted by Gasteiger charge is -2.27. The number of aryl methyl sites for hydroxylation is 1. The third-order valence-electron chi connectivity index (χ3n) is 6.76. The molecule has 1 amide bonds. The van der Waals surface area contributed by atoms with Crippen molar-refractivity contribution in [1.82, 2.24) is 4.90 Å². The van der Waals surface area contributed by atoms with Crippen LogP contribution in [0.1, 0.15) is 60.5 Å². The van der Waals surface area contributed by atoms with E-state index in [1.54, 1.807) is 13.2 Å². The standard InChI is InChI=1S/C31H33NO5/c1-6-37-26-16-15-21(17-24(26)19(2)3)29(33)27-28(23-13-9-7-11-20(23)4)32(31(35)30(27)34)18-22-12-8-10-14-25(22)36-5/h7-17,19,28,33H,6,18H2,1-5H3/b29-27+. The number of methoxy groups -OCH3 is 1. The molecule has 0 saturated carbocycles. The number of ether oxygens (including phenoxy) is 2. The third kappa shape index (κ3) is 4.96. The predicted molar refractivity (Wildman–Crippen MR) is 144 cm³/mol. The minimum absolute atomic E-state index is 0.0769. The first-order valence-electron chi connectivity index (χ1n) is 12.5. The van der Waals surface area contributed by atoms with Gasteiger partial charge in [-0.05, 0) is 60.7 Å². The Morgan fingerprint density at radius 3 is 2.38 bits per heavy atom. The van der Waals surface area contributed by atoms with Crippen LogP contribution in [0.3, 0.4) is 0 Å². The fraction of sp³-hybridized carbons (Fsp3) is 0.290. The Balaban J connectivity index is 1.89. The van der Waals surface area contributed by atoms with Crippen LogP contribution in [0.5, 0.6) is 11.5 Å². The lowest BCUT2D eigenvalue weighted by molar-refractivity contribution is -0.140. The highest BCUT2D eigenvalue weighted by Crippen LogP contribution is 2.42. The number of hydrogen-bond donors (Lipinski definition) is 1. The topological polar surface area (TPSA) is 76.1 Å². The average molecular weight is 500 g/mol. The summed E-state index contributed by atoms with van der Waals surface area (Å²) in [5.41, 5.74) is 3.94. The Bertz CT molecular complexity index is 1360. The van der Waals surface area contributed by atoms with Gasteiger partial charge in [-0.15, -0.1) is 0 Å². The van der Waals surface area contributed by atoms with E-state index in [9.17, 15) is 14.7 Å². The van der Waals surface area contributed by atoms with E-state index in [0.29, 0.717) is 17.9 Å². The van der Waals surface area contributed by atoms with Crippen molar-refractivity contribution in [2.75, 3.05) is 13.7 Å². The second-order valence-corrected chi connectivity index (χ2v) is 9.44. The lowest BCUT2D eigenvalue weighted by Crippen LogP contribution is -2.29. The first kappa shape index (κ1) is 26.0. The maximum absolute atomic E-state index is 13.5. The summed E-state index contributed by atoms with van der Waals surface area (Å²) in [6.07, 6.45) is 0. The maximum Gasteiger partial charge on any atom is 0.295 e. The minimum Gasteiger partial charge on any atom is -0.507 e. The molecule has 6 nitrogen and oxygen atoms in total. The van der Waals surface area contributed by atoms with Crippen LogP contribution in [-0.4, -0.2) is 35.4 Å². The van der Waals surface area contributed by atoms with Gasteiger partial charge in [0.2, 0.25) is 0 Å². The number of ketones is 1. The van der Waals surface area contributed by atoms with Crippen molar-refractivity contribution < 1.29 is 24.2 Å². The van der Waals surface area contributed by atoms with Crippen molar-refractivity contribution in [3.63, 3.8) is 0 Å². The smallest absolute Gasteiger partial charge is 0.295 e. The molecule has 4 rings (SSSR count).